The highest BCUT2D eigenvalue weighted by Gasteiger charge is 2.26. The smallest absolute Gasteiger partial charge is 0.252 e. The Balaban J connectivity index is 2.45. The summed E-state index contributed by atoms with van der Waals surface area (Å²) in [7, 11) is 0. The van der Waals surface area contributed by atoms with Crippen LogP contribution in [0.4, 0.5) is 5.82 Å². The van der Waals surface area contributed by atoms with E-state index in [4.69, 9.17) is 5.73 Å². The van der Waals surface area contributed by atoms with Gasteiger partial charge < -0.3 is 16.0 Å². The van der Waals surface area contributed by atoms with Gasteiger partial charge in [-0.05, 0) is 39.3 Å². The van der Waals surface area contributed by atoms with E-state index in [2.05, 4.69) is 29.0 Å². The standard InChI is InChI=1S/C14H22N4O/c1-8-5-9(2)17-14(12(8)13(15)19)18-6-10(3)16-11(4)7-18/h5,10-11,16H,6-7H2,1-4H3,(H2,15,19). The van der Waals surface area contributed by atoms with Gasteiger partial charge in [0.05, 0.1) is 5.56 Å². The van der Waals surface area contributed by atoms with Crippen LogP contribution in [0.1, 0.15) is 35.5 Å². The number of carbonyl (C=O) groups excluding carboxylic acids is 1. The number of nitrogens with one attached hydrogen (secondary N) is 1. The maximum absolute atomic E-state index is 11.7. The lowest BCUT2D eigenvalue weighted by Gasteiger charge is -2.37. The normalized spacial score (nSPS) is 23.5. The van der Waals surface area contributed by atoms with E-state index in [0.29, 0.717) is 17.6 Å². The van der Waals surface area contributed by atoms with Gasteiger partial charge in [0.1, 0.15) is 5.82 Å². The molecule has 0 bridgehead atoms. The maximum atomic E-state index is 11.7. The van der Waals surface area contributed by atoms with E-state index in [0.717, 1.165) is 30.2 Å². The molecule has 1 aromatic rings. The lowest BCUT2D eigenvalue weighted by atomic mass is 10.1. The number of hydrogen-bond donors (Lipinski definition) is 2. The van der Waals surface area contributed by atoms with Crippen LogP contribution in [0.2, 0.25) is 0 Å². The second-order valence-electron chi connectivity index (χ2n) is 5.52. The van der Waals surface area contributed by atoms with Crippen molar-refractivity contribution in [2.24, 2.45) is 5.73 Å². The number of hydrogen-bond acceptors (Lipinski definition) is 4. The molecule has 0 radical (unpaired) electrons. The number of aromatic nitrogens is 1. The molecular formula is C14H22N4O. The van der Waals surface area contributed by atoms with Crippen molar-refractivity contribution >= 4 is 11.7 Å². The van der Waals surface area contributed by atoms with E-state index in [-0.39, 0.29) is 0 Å². The number of rotatable bonds is 2. The molecule has 2 heterocycles. The molecule has 5 heteroatoms. The number of nitrogens with zero attached hydrogens (tertiary/aromatic N) is 2. The van der Waals surface area contributed by atoms with Crippen LogP contribution in [-0.4, -0.2) is 36.1 Å². The van der Waals surface area contributed by atoms with Gasteiger partial charge in [0.15, 0.2) is 0 Å². The molecule has 0 spiro atoms. The van der Waals surface area contributed by atoms with Crippen LogP contribution >= 0.6 is 0 Å². The van der Waals surface area contributed by atoms with Crippen molar-refractivity contribution in [1.82, 2.24) is 10.3 Å². The van der Waals surface area contributed by atoms with E-state index in [1.807, 2.05) is 19.9 Å². The van der Waals surface area contributed by atoms with E-state index >= 15 is 0 Å². The molecule has 2 atom stereocenters. The number of nitrogens with two attached hydrogens (primary N) is 1. The molecule has 2 rings (SSSR count). The van der Waals surface area contributed by atoms with Gasteiger partial charge in [-0.2, -0.15) is 0 Å². The van der Waals surface area contributed by atoms with E-state index in [1.54, 1.807) is 0 Å². The van der Waals surface area contributed by atoms with Gasteiger partial charge in [-0.1, -0.05) is 0 Å². The molecule has 0 aliphatic carbocycles. The first-order chi connectivity index (χ1) is 8.88. The summed E-state index contributed by atoms with van der Waals surface area (Å²) in [5, 5.41) is 3.47. The summed E-state index contributed by atoms with van der Waals surface area (Å²) in [6.45, 7) is 9.79. The zero-order valence-electron chi connectivity index (χ0n) is 12.0. The van der Waals surface area contributed by atoms with Gasteiger partial charge in [-0.15, -0.1) is 0 Å². The van der Waals surface area contributed by atoms with Crippen molar-refractivity contribution in [3.63, 3.8) is 0 Å². The number of amides is 1. The van der Waals surface area contributed by atoms with Crippen LogP contribution in [0.15, 0.2) is 6.07 Å². The molecule has 2 unspecified atom stereocenters. The molecule has 104 valence electrons. The largest absolute Gasteiger partial charge is 0.365 e. The minimum absolute atomic E-state index is 0.368. The van der Waals surface area contributed by atoms with Crippen molar-refractivity contribution in [3.8, 4) is 0 Å². The Labute approximate surface area is 114 Å². The fourth-order valence-corrected chi connectivity index (χ4v) is 2.85. The Morgan fingerprint density at radius 2 is 1.95 bits per heavy atom. The third-order valence-corrected chi connectivity index (χ3v) is 3.43. The van der Waals surface area contributed by atoms with E-state index in [1.165, 1.54) is 0 Å². The van der Waals surface area contributed by atoms with Gasteiger partial charge in [0.2, 0.25) is 0 Å². The van der Waals surface area contributed by atoms with Crippen LogP contribution in [0.25, 0.3) is 0 Å². The lowest BCUT2D eigenvalue weighted by Crippen LogP contribution is -2.55. The average Bonchev–Trinajstić information content (AvgIpc) is 2.25. The predicted octanol–water partition coefficient (Wildman–Crippen LogP) is 0.984. The van der Waals surface area contributed by atoms with Crippen molar-refractivity contribution in [3.05, 3.63) is 22.9 Å². The van der Waals surface area contributed by atoms with Crippen molar-refractivity contribution in [2.45, 2.75) is 39.8 Å². The summed E-state index contributed by atoms with van der Waals surface area (Å²) < 4.78 is 0. The quantitative estimate of drug-likeness (QED) is 0.833. The van der Waals surface area contributed by atoms with Crippen LogP contribution in [0.5, 0.6) is 0 Å². The number of carbonyl (C=O) groups is 1. The minimum Gasteiger partial charge on any atom is -0.365 e. The fraction of sp³-hybridized carbons (Fsp3) is 0.571. The number of primary amides is 1. The molecule has 1 amide bonds. The van der Waals surface area contributed by atoms with Crippen molar-refractivity contribution in [1.29, 1.82) is 0 Å². The van der Waals surface area contributed by atoms with Gasteiger partial charge in [-0.3, -0.25) is 4.79 Å². The van der Waals surface area contributed by atoms with Gasteiger partial charge in [0, 0.05) is 30.9 Å². The second kappa shape index (κ2) is 5.17. The highest BCUT2D eigenvalue weighted by Crippen LogP contribution is 2.24. The first kappa shape index (κ1) is 13.8. The third-order valence-electron chi connectivity index (χ3n) is 3.43. The Bertz CT molecular complexity index is 490. The molecule has 1 aliphatic rings. The zero-order chi connectivity index (χ0) is 14.2. The zero-order valence-corrected chi connectivity index (χ0v) is 12.0. The third kappa shape index (κ3) is 2.87. The van der Waals surface area contributed by atoms with Crippen molar-refractivity contribution in [2.75, 3.05) is 18.0 Å². The summed E-state index contributed by atoms with van der Waals surface area (Å²) >= 11 is 0. The van der Waals surface area contributed by atoms with Crippen LogP contribution < -0.4 is 16.0 Å². The lowest BCUT2D eigenvalue weighted by molar-refractivity contribution is 0.0999. The Morgan fingerprint density at radius 3 is 2.47 bits per heavy atom. The van der Waals surface area contributed by atoms with Gasteiger partial charge in [-0.25, -0.2) is 4.98 Å². The monoisotopic (exact) mass is 262 g/mol. The molecule has 0 aromatic carbocycles. The molecule has 1 aromatic heterocycles. The van der Waals surface area contributed by atoms with E-state index < -0.39 is 5.91 Å². The Hall–Kier alpha value is -1.62. The highest BCUT2D eigenvalue weighted by molar-refractivity contribution is 5.99. The van der Waals surface area contributed by atoms with Gasteiger partial charge >= 0.3 is 0 Å². The molecule has 3 N–H and O–H groups in total. The average molecular weight is 262 g/mol. The van der Waals surface area contributed by atoms with Crippen LogP contribution in [0, 0.1) is 13.8 Å². The summed E-state index contributed by atoms with van der Waals surface area (Å²) in [6, 6.07) is 2.64. The molecule has 1 aliphatic heterocycles. The topological polar surface area (TPSA) is 71.2 Å². The Morgan fingerprint density at radius 1 is 1.37 bits per heavy atom. The summed E-state index contributed by atoms with van der Waals surface area (Å²) in [5.41, 5.74) is 7.88. The molecule has 1 fully saturated rings. The summed E-state index contributed by atoms with van der Waals surface area (Å²) in [5.74, 6) is 0.323. The van der Waals surface area contributed by atoms with Crippen LogP contribution in [0.3, 0.4) is 0 Å². The second-order valence-corrected chi connectivity index (χ2v) is 5.52. The Kier molecular flexibility index (Phi) is 3.75. The summed E-state index contributed by atoms with van der Waals surface area (Å²) in [4.78, 5) is 18.4. The predicted molar refractivity (Wildman–Crippen MR) is 76.5 cm³/mol. The SMILES string of the molecule is Cc1cc(C)c(C(N)=O)c(N2CC(C)NC(C)C2)n1. The summed E-state index contributed by atoms with van der Waals surface area (Å²) in [6.07, 6.45) is 0. The number of piperazine rings is 1. The highest BCUT2D eigenvalue weighted by atomic mass is 16.1. The van der Waals surface area contributed by atoms with Crippen molar-refractivity contribution < 1.29 is 4.79 Å². The number of aryl methyl sites for hydroxylation is 2. The molecule has 5 nitrogen and oxygen atoms in total. The number of anilines is 1. The maximum Gasteiger partial charge on any atom is 0.252 e. The molecule has 0 saturated carbocycles. The molecule has 19 heavy (non-hydrogen) atoms. The first-order valence-corrected chi connectivity index (χ1v) is 6.67. The fourth-order valence-electron chi connectivity index (χ4n) is 2.85. The van der Waals surface area contributed by atoms with Crippen LogP contribution in [-0.2, 0) is 0 Å². The first-order valence-electron chi connectivity index (χ1n) is 6.67. The van der Waals surface area contributed by atoms with Gasteiger partial charge in [0.25, 0.3) is 5.91 Å². The minimum atomic E-state index is -0.404. The number of pyridine rings is 1. The molecule has 1 saturated heterocycles. The van der Waals surface area contributed by atoms with E-state index in [9.17, 15) is 4.79 Å². The molecular weight excluding hydrogens is 240 g/mol.